The molecular formula is C30H21ClF2N4O3. The summed E-state index contributed by atoms with van der Waals surface area (Å²) in [5.41, 5.74) is 4.30. The molecule has 7 nitrogen and oxygen atoms in total. The molecule has 3 aromatic carbocycles. The maximum absolute atomic E-state index is 15.1. The van der Waals surface area contributed by atoms with E-state index in [4.69, 9.17) is 20.4 Å². The maximum Gasteiger partial charge on any atom is 0.255 e. The lowest BCUT2D eigenvalue weighted by Gasteiger charge is -2.18. The molecule has 6 aromatic rings. The molecule has 3 heterocycles. The van der Waals surface area contributed by atoms with Crippen LogP contribution in [0.4, 0.5) is 14.5 Å². The first kappa shape index (κ1) is 25.5. The van der Waals surface area contributed by atoms with E-state index in [9.17, 15) is 9.18 Å². The van der Waals surface area contributed by atoms with Gasteiger partial charge in [-0.2, -0.15) is 0 Å². The molecule has 0 aliphatic carbocycles. The highest BCUT2D eigenvalue weighted by molar-refractivity contribution is 6.31. The van der Waals surface area contributed by atoms with Gasteiger partial charge in [0.1, 0.15) is 28.5 Å². The van der Waals surface area contributed by atoms with Gasteiger partial charge in [-0.15, -0.1) is 0 Å². The minimum absolute atomic E-state index is 0.186. The monoisotopic (exact) mass is 558 g/mol. The number of anilines is 1. The number of nitrogens with zero attached hydrogens (tertiary/aromatic N) is 3. The lowest BCUT2D eigenvalue weighted by atomic mass is 9.96. The van der Waals surface area contributed by atoms with Gasteiger partial charge in [0.05, 0.1) is 10.6 Å². The molecule has 40 heavy (non-hydrogen) atoms. The first-order valence-corrected chi connectivity index (χ1v) is 12.6. The first-order valence-electron chi connectivity index (χ1n) is 12.2. The summed E-state index contributed by atoms with van der Waals surface area (Å²) >= 11 is 6.03. The Morgan fingerprint density at radius 3 is 2.40 bits per heavy atom. The van der Waals surface area contributed by atoms with E-state index in [1.54, 1.807) is 36.4 Å². The number of rotatable bonds is 5. The Labute approximate surface area is 232 Å². The van der Waals surface area contributed by atoms with E-state index in [0.29, 0.717) is 49.5 Å². The van der Waals surface area contributed by atoms with E-state index in [2.05, 4.69) is 15.3 Å². The lowest BCUT2D eigenvalue weighted by molar-refractivity contribution is 0.0964. The molecule has 0 unspecified atom stereocenters. The number of carbonyl (C=O) groups excluding carboxylic acids is 1. The van der Waals surface area contributed by atoms with Gasteiger partial charge in [0, 0.05) is 61.2 Å². The number of carbonyl (C=O) groups is 1. The van der Waals surface area contributed by atoms with Crippen LogP contribution in [-0.4, -0.2) is 37.0 Å². The zero-order valence-corrected chi connectivity index (χ0v) is 22.3. The second-order valence-electron chi connectivity index (χ2n) is 9.38. The minimum atomic E-state index is -0.503. The Bertz CT molecular complexity index is 1930. The van der Waals surface area contributed by atoms with Gasteiger partial charge in [-0.05, 0) is 60.2 Å². The number of halogens is 3. The van der Waals surface area contributed by atoms with E-state index in [-0.39, 0.29) is 23.1 Å². The predicted molar refractivity (Wildman–Crippen MR) is 151 cm³/mol. The molecule has 0 spiro atoms. The van der Waals surface area contributed by atoms with Crippen LogP contribution in [0.2, 0.25) is 5.02 Å². The zero-order chi connectivity index (χ0) is 28.1. The quantitative estimate of drug-likeness (QED) is 0.238. The van der Waals surface area contributed by atoms with Crippen LogP contribution >= 0.6 is 11.6 Å². The number of amides is 1. The van der Waals surface area contributed by atoms with Gasteiger partial charge in [0.25, 0.3) is 5.91 Å². The van der Waals surface area contributed by atoms with Gasteiger partial charge in [0.2, 0.25) is 11.6 Å². The molecule has 200 valence electrons. The van der Waals surface area contributed by atoms with Gasteiger partial charge in [-0.25, -0.2) is 18.7 Å². The molecule has 0 bridgehead atoms. The van der Waals surface area contributed by atoms with E-state index < -0.39 is 11.6 Å². The van der Waals surface area contributed by atoms with Crippen LogP contribution in [0.5, 0.6) is 0 Å². The number of oxazole rings is 1. The largest absolute Gasteiger partial charge is 0.455 e. The van der Waals surface area contributed by atoms with Crippen molar-refractivity contribution in [2.45, 2.75) is 0 Å². The highest BCUT2D eigenvalue weighted by Gasteiger charge is 2.24. The molecule has 10 heteroatoms. The number of aromatic nitrogens is 2. The fraction of sp³-hybridized carbons (Fsp3) is 0.100. The summed E-state index contributed by atoms with van der Waals surface area (Å²) in [4.78, 5) is 23.5. The fourth-order valence-corrected chi connectivity index (χ4v) is 4.83. The molecule has 0 atom stereocenters. The van der Waals surface area contributed by atoms with Crippen LogP contribution < -0.4 is 10.2 Å². The van der Waals surface area contributed by atoms with Crippen molar-refractivity contribution in [3.8, 4) is 33.9 Å². The van der Waals surface area contributed by atoms with E-state index in [0.717, 1.165) is 5.69 Å². The first-order chi connectivity index (χ1) is 19.2. The summed E-state index contributed by atoms with van der Waals surface area (Å²) in [6, 6.07) is 15.4. The molecule has 0 aliphatic rings. The molecule has 0 fully saturated rings. The number of fused-ring (bicyclic) bond motifs is 2. The normalized spacial score (nSPS) is 11.3. The molecule has 1 N–H and O–H groups in total. The molecule has 0 saturated carbocycles. The number of pyridine rings is 1. The smallest absolute Gasteiger partial charge is 0.255 e. The van der Waals surface area contributed by atoms with Crippen molar-refractivity contribution in [3.63, 3.8) is 0 Å². The number of benzene rings is 3. The summed E-state index contributed by atoms with van der Waals surface area (Å²) in [6.07, 6.45) is 1.45. The number of hydrogen-bond donors (Lipinski definition) is 1. The average Bonchev–Trinajstić information content (AvgIpc) is 3.53. The predicted octanol–water partition coefficient (Wildman–Crippen LogP) is 7.33. The van der Waals surface area contributed by atoms with Crippen LogP contribution in [0.25, 0.3) is 56.1 Å². The van der Waals surface area contributed by atoms with E-state index in [1.165, 1.54) is 37.5 Å². The second kappa shape index (κ2) is 9.77. The Hall–Kier alpha value is -4.76. The van der Waals surface area contributed by atoms with Gasteiger partial charge in [0.15, 0.2) is 0 Å². The average molecular weight is 559 g/mol. The van der Waals surface area contributed by atoms with Gasteiger partial charge in [-0.3, -0.25) is 4.79 Å². The summed E-state index contributed by atoms with van der Waals surface area (Å²) in [5.74, 6) is -0.798. The van der Waals surface area contributed by atoms with Gasteiger partial charge < -0.3 is 19.1 Å². The Kier molecular flexibility index (Phi) is 6.23. The second-order valence-corrected chi connectivity index (χ2v) is 9.81. The number of furan rings is 1. The Balaban J connectivity index is 1.57. The van der Waals surface area contributed by atoms with E-state index >= 15 is 4.39 Å². The van der Waals surface area contributed by atoms with Crippen molar-refractivity contribution < 1.29 is 22.4 Å². The van der Waals surface area contributed by atoms with Crippen LogP contribution in [-0.2, 0) is 0 Å². The molecule has 0 radical (unpaired) electrons. The molecule has 0 saturated heterocycles. The standard InChI is InChI=1S/C30H21ClF2N4O3/c1-34-28(38)26-22-12-21(24(37(2)3)13-25(22)39-27(26)15-4-6-19(32)7-5-15)16-8-17(10-20(33)9-16)29-36-23-11-18(31)14-35-30(23)40-29/h4-14H,1-3H3,(H,34,38). The van der Waals surface area contributed by atoms with Crippen molar-refractivity contribution in [1.29, 1.82) is 0 Å². The van der Waals surface area contributed by atoms with Crippen LogP contribution in [0.1, 0.15) is 10.4 Å². The van der Waals surface area contributed by atoms with Crippen molar-refractivity contribution in [2.24, 2.45) is 0 Å². The third-order valence-electron chi connectivity index (χ3n) is 6.52. The zero-order valence-electron chi connectivity index (χ0n) is 21.6. The van der Waals surface area contributed by atoms with Crippen molar-refractivity contribution >= 4 is 45.4 Å². The highest BCUT2D eigenvalue weighted by Crippen LogP contribution is 2.41. The lowest BCUT2D eigenvalue weighted by Crippen LogP contribution is -2.18. The minimum Gasteiger partial charge on any atom is -0.455 e. The molecule has 6 rings (SSSR count). The van der Waals surface area contributed by atoms with Crippen molar-refractivity contribution in [3.05, 3.63) is 89.1 Å². The summed E-state index contributed by atoms with van der Waals surface area (Å²) in [5, 5.41) is 3.58. The fourth-order valence-electron chi connectivity index (χ4n) is 4.68. The topological polar surface area (TPSA) is 84.4 Å². The van der Waals surface area contributed by atoms with Crippen LogP contribution in [0.3, 0.4) is 0 Å². The summed E-state index contributed by atoms with van der Waals surface area (Å²) in [7, 11) is 5.22. The SMILES string of the molecule is CNC(=O)c1c(-c2ccc(F)cc2)oc2cc(N(C)C)c(-c3cc(F)cc(-c4nc5cc(Cl)cnc5o4)c3)cc12. The van der Waals surface area contributed by atoms with Gasteiger partial charge >= 0.3 is 0 Å². The van der Waals surface area contributed by atoms with Crippen LogP contribution in [0.15, 0.2) is 75.7 Å². The van der Waals surface area contributed by atoms with E-state index in [1.807, 2.05) is 19.0 Å². The Morgan fingerprint density at radius 1 is 0.925 bits per heavy atom. The maximum atomic E-state index is 15.1. The summed E-state index contributed by atoms with van der Waals surface area (Å²) < 4.78 is 40.6. The molecule has 3 aromatic heterocycles. The molecular weight excluding hydrogens is 538 g/mol. The van der Waals surface area contributed by atoms with Crippen molar-refractivity contribution in [2.75, 3.05) is 26.0 Å². The molecule has 1 amide bonds. The van der Waals surface area contributed by atoms with Crippen molar-refractivity contribution in [1.82, 2.24) is 15.3 Å². The third kappa shape index (κ3) is 4.44. The van der Waals surface area contributed by atoms with Crippen LogP contribution in [0, 0.1) is 11.6 Å². The number of hydrogen-bond acceptors (Lipinski definition) is 6. The Morgan fingerprint density at radius 2 is 1.68 bits per heavy atom. The summed E-state index contributed by atoms with van der Waals surface area (Å²) in [6.45, 7) is 0. The van der Waals surface area contributed by atoms with Gasteiger partial charge in [-0.1, -0.05) is 11.6 Å². The highest BCUT2D eigenvalue weighted by atomic mass is 35.5. The molecule has 0 aliphatic heterocycles. The third-order valence-corrected chi connectivity index (χ3v) is 6.73. The number of nitrogens with one attached hydrogen (secondary N) is 1.